The lowest BCUT2D eigenvalue weighted by atomic mass is 10.4. The number of nitrogens with one attached hydrogen (secondary N) is 1. The molecule has 0 atom stereocenters. The molecule has 0 aliphatic rings. The summed E-state index contributed by atoms with van der Waals surface area (Å²) < 4.78 is 5.01. The molecule has 7 nitrogen and oxygen atoms in total. The van der Waals surface area contributed by atoms with Crippen molar-refractivity contribution in [1.82, 2.24) is 10.3 Å². The van der Waals surface area contributed by atoms with Gasteiger partial charge in [-0.25, -0.2) is 0 Å². The van der Waals surface area contributed by atoms with Crippen molar-refractivity contribution in [3.63, 3.8) is 0 Å². The van der Waals surface area contributed by atoms with Crippen LogP contribution in [0.1, 0.15) is 0 Å². The Balaban J connectivity index is 2.60. The van der Waals surface area contributed by atoms with Crippen molar-refractivity contribution in [3.8, 4) is 5.75 Å². The summed E-state index contributed by atoms with van der Waals surface area (Å²) >= 11 is 0. The molecule has 0 radical (unpaired) electrons. The van der Waals surface area contributed by atoms with Crippen LogP contribution in [0.25, 0.3) is 0 Å². The van der Waals surface area contributed by atoms with Gasteiger partial charge in [0, 0.05) is 6.54 Å². The number of carbonyl (C=O) groups is 1. The first kappa shape index (κ1) is 12.6. The number of ether oxygens (including phenoxy) is 1. The Labute approximate surface area is 97.3 Å². The number of rotatable bonds is 6. The van der Waals surface area contributed by atoms with Crippen molar-refractivity contribution in [2.24, 2.45) is 0 Å². The van der Waals surface area contributed by atoms with E-state index in [1.54, 1.807) is 0 Å². The summed E-state index contributed by atoms with van der Waals surface area (Å²) in [4.78, 5) is 24.6. The first-order valence-corrected chi connectivity index (χ1v) is 4.75. The molecule has 1 rings (SSSR count). The highest BCUT2D eigenvalue weighted by Gasteiger charge is 2.16. The summed E-state index contributed by atoms with van der Waals surface area (Å²) in [6.07, 6.45) is 2.80. The van der Waals surface area contributed by atoms with Gasteiger partial charge in [-0.15, -0.1) is 6.58 Å². The molecule has 0 aromatic carbocycles. The first-order valence-electron chi connectivity index (χ1n) is 4.75. The molecule has 1 amide bonds. The van der Waals surface area contributed by atoms with Gasteiger partial charge in [0.1, 0.15) is 6.20 Å². The molecule has 0 bridgehead atoms. The van der Waals surface area contributed by atoms with Crippen molar-refractivity contribution in [1.29, 1.82) is 0 Å². The van der Waals surface area contributed by atoms with Gasteiger partial charge < -0.3 is 20.2 Å². The Hall–Kier alpha value is -2.44. The Kier molecular flexibility index (Phi) is 4.61. The lowest BCUT2D eigenvalue weighted by Gasteiger charge is -2.05. The van der Waals surface area contributed by atoms with Crippen molar-refractivity contribution >= 4 is 11.7 Å². The van der Waals surface area contributed by atoms with Crippen molar-refractivity contribution in [2.75, 3.05) is 13.2 Å². The van der Waals surface area contributed by atoms with E-state index in [-0.39, 0.29) is 18.3 Å². The molecule has 0 aliphatic heterocycles. The maximum atomic E-state index is 11.2. The summed E-state index contributed by atoms with van der Waals surface area (Å²) in [5, 5.41) is 13.1. The predicted octanol–water partition coefficient (Wildman–Crippen LogP) is 0.671. The molecule has 17 heavy (non-hydrogen) atoms. The second kappa shape index (κ2) is 6.21. The molecule has 0 fully saturated rings. The molecule has 0 unspecified atom stereocenters. The number of hydrogen-bond acceptors (Lipinski definition) is 5. The topological polar surface area (TPSA) is 94.4 Å². The third-order valence-corrected chi connectivity index (χ3v) is 1.73. The summed E-state index contributed by atoms with van der Waals surface area (Å²) in [5.74, 6) is -0.835. The summed E-state index contributed by atoms with van der Waals surface area (Å²) in [6, 6.07) is 2.87. The van der Waals surface area contributed by atoms with E-state index in [9.17, 15) is 14.9 Å². The van der Waals surface area contributed by atoms with E-state index in [0.717, 1.165) is 0 Å². The van der Waals surface area contributed by atoms with Crippen LogP contribution in [-0.4, -0.2) is 29.0 Å². The van der Waals surface area contributed by atoms with Gasteiger partial charge in [0.05, 0.1) is 0 Å². The molecule has 0 saturated heterocycles. The van der Waals surface area contributed by atoms with Crippen LogP contribution in [-0.2, 0) is 4.79 Å². The molecular weight excluding hydrogens is 226 g/mol. The van der Waals surface area contributed by atoms with E-state index in [4.69, 9.17) is 4.74 Å². The second-order valence-corrected chi connectivity index (χ2v) is 2.96. The van der Waals surface area contributed by atoms with E-state index in [2.05, 4.69) is 16.9 Å². The van der Waals surface area contributed by atoms with Gasteiger partial charge in [-0.2, -0.15) is 0 Å². The molecule has 7 heteroatoms. The predicted molar refractivity (Wildman–Crippen MR) is 59.6 cm³/mol. The van der Waals surface area contributed by atoms with Crippen LogP contribution in [0.3, 0.4) is 0 Å². The molecule has 90 valence electrons. The largest absolute Gasteiger partial charge is 0.476 e. The molecule has 1 aromatic heterocycles. The van der Waals surface area contributed by atoms with E-state index in [0.29, 0.717) is 6.54 Å². The number of nitrogens with zero attached hydrogens (tertiary/aromatic N) is 2. The number of nitro groups is 1. The van der Waals surface area contributed by atoms with Crippen LogP contribution >= 0.6 is 0 Å². The second-order valence-electron chi connectivity index (χ2n) is 2.96. The summed E-state index contributed by atoms with van der Waals surface area (Å²) in [7, 11) is 0. The molecule has 0 saturated carbocycles. The maximum absolute atomic E-state index is 11.2. The monoisotopic (exact) mass is 237 g/mol. The quantitative estimate of drug-likeness (QED) is 0.445. The molecule has 0 spiro atoms. The average Bonchev–Trinajstić information content (AvgIpc) is 2.34. The summed E-state index contributed by atoms with van der Waals surface area (Å²) in [5.41, 5.74) is 0. The minimum absolute atomic E-state index is 0.0359. The molecule has 0 aliphatic carbocycles. The summed E-state index contributed by atoms with van der Waals surface area (Å²) in [6.45, 7) is 3.44. The highest BCUT2D eigenvalue weighted by atomic mass is 16.6. The Bertz CT molecular complexity index is 433. The fraction of sp³-hybridized carbons (Fsp3) is 0.200. The Morgan fingerprint density at radius 2 is 2.47 bits per heavy atom. The van der Waals surface area contributed by atoms with Crippen molar-refractivity contribution in [2.45, 2.75) is 0 Å². The third-order valence-electron chi connectivity index (χ3n) is 1.73. The van der Waals surface area contributed by atoms with Crippen LogP contribution in [0.4, 0.5) is 5.82 Å². The Morgan fingerprint density at radius 3 is 3.12 bits per heavy atom. The van der Waals surface area contributed by atoms with Crippen LogP contribution in [0.2, 0.25) is 0 Å². The fourth-order valence-corrected chi connectivity index (χ4v) is 1.01. The van der Waals surface area contributed by atoms with Gasteiger partial charge in [-0.05, 0) is 22.0 Å². The van der Waals surface area contributed by atoms with Gasteiger partial charge >= 0.3 is 5.82 Å². The zero-order chi connectivity index (χ0) is 12.7. The van der Waals surface area contributed by atoms with E-state index in [1.165, 1.54) is 24.4 Å². The maximum Gasteiger partial charge on any atom is 0.406 e. The third kappa shape index (κ3) is 3.90. The van der Waals surface area contributed by atoms with Gasteiger partial charge in [0.15, 0.2) is 6.61 Å². The lowest BCUT2D eigenvalue weighted by Crippen LogP contribution is -2.28. The van der Waals surface area contributed by atoms with E-state index >= 15 is 0 Å². The number of amides is 1. The van der Waals surface area contributed by atoms with Gasteiger partial charge in [-0.3, -0.25) is 4.79 Å². The smallest absolute Gasteiger partial charge is 0.406 e. The number of aromatic nitrogens is 1. The van der Waals surface area contributed by atoms with Crippen LogP contribution in [0, 0.1) is 10.1 Å². The van der Waals surface area contributed by atoms with Gasteiger partial charge in [-0.1, -0.05) is 6.08 Å². The number of pyridine rings is 1. The minimum atomic E-state index is -0.670. The van der Waals surface area contributed by atoms with Gasteiger partial charge in [0.25, 0.3) is 5.91 Å². The van der Waals surface area contributed by atoms with Crippen molar-refractivity contribution < 1.29 is 14.5 Å². The van der Waals surface area contributed by atoms with Crippen LogP contribution in [0.5, 0.6) is 5.75 Å². The molecule has 1 aromatic rings. The SMILES string of the molecule is C=CCNC(=O)COc1cccnc1[N+](=O)[O-]. The van der Waals surface area contributed by atoms with Crippen molar-refractivity contribution in [3.05, 3.63) is 41.1 Å². The fourth-order valence-electron chi connectivity index (χ4n) is 1.01. The highest BCUT2D eigenvalue weighted by molar-refractivity contribution is 5.77. The van der Waals surface area contributed by atoms with Crippen LogP contribution in [0.15, 0.2) is 31.0 Å². The van der Waals surface area contributed by atoms with E-state index < -0.39 is 10.7 Å². The zero-order valence-corrected chi connectivity index (χ0v) is 8.96. The van der Waals surface area contributed by atoms with E-state index in [1.807, 2.05) is 0 Å². The number of carbonyl (C=O) groups excluding carboxylic acids is 1. The molecule has 1 N–H and O–H groups in total. The van der Waals surface area contributed by atoms with Gasteiger partial charge in [0.2, 0.25) is 5.75 Å². The average molecular weight is 237 g/mol. The number of hydrogen-bond donors (Lipinski definition) is 1. The normalized spacial score (nSPS) is 9.41. The molecule has 1 heterocycles. The highest BCUT2D eigenvalue weighted by Crippen LogP contribution is 2.22. The molecular formula is C10H11N3O4. The minimum Gasteiger partial charge on any atom is -0.476 e. The zero-order valence-electron chi connectivity index (χ0n) is 8.96. The standard InChI is InChI=1S/C10H11N3O4/c1-2-5-11-9(14)7-17-8-4-3-6-12-10(8)13(15)16/h2-4,6H,1,5,7H2,(H,11,14). The first-order chi connectivity index (χ1) is 8.15. The Morgan fingerprint density at radius 1 is 1.71 bits per heavy atom. The van der Waals surface area contributed by atoms with Crippen LogP contribution < -0.4 is 10.1 Å². The lowest BCUT2D eigenvalue weighted by molar-refractivity contribution is -0.390.